The number of quaternary nitrogens is 1. The Morgan fingerprint density at radius 2 is 2.00 bits per heavy atom. The number of nitrogens with zero attached hydrogens (tertiary/aromatic N) is 1. The molecule has 0 aliphatic carbocycles. The largest absolute Gasteiger partial charge is 0.379 e. The van der Waals surface area contributed by atoms with Crippen LogP contribution in [0.15, 0.2) is 18.2 Å². The molecule has 0 bridgehead atoms. The Morgan fingerprint density at radius 1 is 1.38 bits per heavy atom. The van der Waals surface area contributed by atoms with Crippen LogP contribution in [-0.4, -0.2) is 37.9 Å². The zero-order valence-corrected chi connectivity index (χ0v) is 13.3. The molecule has 2 N–H and O–H groups in total. The molecule has 0 saturated heterocycles. The van der Waals surface area contributed by atoms with E-state index < -0.39 is 4.92 Å². The number of hydrogen-bond donors (Lipinski definition) is 2. The molecule has 0 amide bonds. The second-order valence-electron chi connectivity index (χ2n) is 6.45. The number of nitro groups is 1. The molecule has 0 unspecified atom stereocenters. The standard InChI is InChI=1S/C15H23N3O3/c1-11(19)12-6-7-13(14(8-12)18(20)21)16-9-15(2,3)10-17(4)5/h6-8,16H,9-10H2,1-5H3/p+1. The van der Waals surface area contributed by atoms with E-state index >= 15 is 0 Å². The predicted octanol–water partition coefficient (Wildman–Crippen LogP) is 1.38. The van der Waals surface area contributed by atoms with Crippen LogP contribution in [-0.2, 0) is 0 Å². The molecule has 0 heterocycles. The fourth-order valence-corrected chi connectivity index (χ4v) is 2.41. The molecule has 6 nitrogen and oxygen atoms in total. The third-order valence-electron chi connectivity index (χ3n) is 3.19. The first-order valence-corrected chi connectivity index (χ1v) is 6.95. The van der Waals surface area contributed by atoms with Crippen LogP contribution in [0.2, 0.25) is 0 Å². The summed E-state index contributed by atoms with van der Waals surface area (Å²) in [6, 6.07) is 4.55. The highest BCUT2D eigenvalue weighted by Gasteiger charge is 2.23. The minimum Gasteiger partial charge on any atom is -0.379 e. The normalized spacial score (nSPS) is 11.5. The summed E-state index contributed by atoms with van der Waals surface area (Å²) in [4.78, 5) is 23.3. The molecule has 0 spiro atoms. The van der Waals surface area contributed by atoms with Gasteiger partial charge in [-0.25, -0.2) is 0 Å². The second kappa shape index (κ2) is 6.67. The second-order valence-corrected chi connectivity index (χ2v) is 6.45. The van der Waals surface area contributed by atoms with Gasteiger partial charge in [0.2, 0.25) is 0 Å². The van der Waals surface area contributed by atoms with Crippen LogP contribution in [0.4, 0.5) is 11.4 Å². The van der Waals surface area contributed by atoms with Crippen molar-refractivity contribution in [2.75, 3.05) is 32.5 Å². The van der Waals surface area contributed by atoms with Crippen molar-refractivity contribution in [2.24, 2.45) is 5.41 Å². The van der Waals surface area contributed by atoms with Gasteiger partial charge >= 0.3 is 0 Å². The van der Waals surface area contributed by atoms with Gasteiger partial charge in [-0.15, -0.1) is 0 Å². The zero-order chi connectivity index (χ0) is 16.2. The van der Waals surface area contributed by atoms with Crippen molar-refractivity contribution in [2.45, 2.75) is 20.8 Å². The highest BCUT2D eigenvalue weighted by Crippen LogP contribution is 2.27. The summed E-state index contributed by atoms with van der Waals surface area (Å²) in [7, 11) is 4.15. The highest BCUT2D eigenvalue weighted by molar-refractivity contribution is 5.95. The average molecular weight is 294 g/mol. The highest BCUT2D eigenvalue weighted by atomic mass is 16.6. The van der Waals surface area contributed by atoms with Crippen molar-refractivity contribution in [1.82, 2.24) is 0 Å². The van der Waals surface area contributed by atoms with Crippen LogP contribution >= 0.6 is 0 Å². The minimum atomic E-state index is -0.459. The quantitative estimate of drug-likeness (QED) is 0.452. The fraction of sp³-hybridized carbons (Fsp3) is 0.533. The van der Waals surface area contributed by atoms with Crippen LogP contribution in [0, 0.1) is 15.5 Å². The summed E-state index contributed by atoms with van der Waals surface area (Å²) in [5, 5.41) is 14.3. The first-order chi connectivity index (χ1) is 9.62. The Kier molecular flexibility index (Phi) is 5.43. The maximum absolute atomic E-state index is 11.3. The van der Waals surface area contributed by atoms with Crippen LogP contribution in [0.5, 0.6) is 0 Å². The third-order valence-corrected chi connectivity index (χ3v) is 3.19. The lowest BCUT2D eigenvalue weighted by Crippen LogP contribution is -3.07. The van der Waals surface area contributed by atoms with Crippen LogP contribution in [0.1, 0.15) is 31.1 Å². The smallest absolute Gasteiger partial charge is 0.293 e. The van der Waals surface area contributed by atoms with Crippen molar-refractivity contribution in [1.29, 1.82) is 0 Å². The molecule has 0 aliphatic heterocycles. The van der Waals surface area contributed by atoms with Crippen molar-refractivity contribution in [3.8, 4) is 0 Å². The van der Waals surface area contributed by atoms with Gasteiger partial charge in [-0.05, 0) is 19.1 Å². The van der Waals surface area contributed by atoms with Gasteiger partial charge in [-0.2, -0.15) is 0 Å². The van der Waals surface area contributed by atoms with E-state index in [4.69, 9.17) is 0 Å². The molecule has 0 atom stereocenters. The van der Waals surface area contributed by atoms with E-state index in [1.807, 2.05) is 0 Å². The van der Waals surface area contributed by atoms with Gasteiger partial charge in [0.1, 0.15) is 5.69 Å². The van der Waals surface area contributed by atoms with Gasteiger partial charge in [0.25, 0.3) is 5.69 Å². The first kappa shape index (κ1) is 17.1. The predicted molar refractivity (Wildman–Crippen MR) is 83.0 cm³/mol. The number of hydrogen-bond acceptors (Lipinski definition) is 4. The Labute approximate surface area is 125 Å². The molecular formula is C15H24N3O3+. The van der Waals surface area contributed by atoms with E-state index in [0.29, 0.717) is 17.8 Å². The minimum absolute atomic E-state index is 0.00590. The third kappa shape index (κ3) is 5.15. The zero-order valence-electron chi connectivity index (χ0n) is 13.3. The molecule has 21 heavy (non-hydrogen) atoms. The molecule has 1 aromatic carbocycles. The molecule has 0 aromatic heterocycles. The number of nitro benzene ring substituents is 1. The lowest BCUT2D eigenvalue weighted by atomic mass is 9.93. The van der Waals surface area contributed by atoms with Gasteiger partial charge in [0.05, 0.1) is 25.6 Å². The lowest BCUT2D eigenvalue weighted by Gasteiger charge is -2.26. The van der Waals surface area contributed by atoms with Crippen molar-refractivity contribution >= 4 is 17.2 Å². The Hall–Kier alpha value is -1.95. The maximum Gasteiger partial charge on any atom is 0.293 e. The SMILES string of the molecule is CC(=O)c1ccc(NCC(C)(C)C[NH+](C)C)c([N+](=O)[O-])c1. The number of nitrogens with one attached hydrogen (secondary N) is 2. The molecule has 0 radical (unpaired) electrons. The number of anilines is 1. The van der Waals surface area contributed by atoms with E-state index in [0.717, 1.165) is 6.54 Å². The number of ketones is 1. The number of rotatable bonds is 7. The Morgan fingerprint density at radius 3 is 2.48 bits per heavy atom. The molecule has 6 heteroatoms. The molecule has 116 valence electrons. The van der Waals surface area contributed by atoms with Crippen LogP contribution in [0.25, 0.3) is 0 Å². The number of carbonyl (C=O) groups is 1. The van der Waals surface area contributed by atoms with E-state index in [1.165, 1.54) is 17.9 Å². The Balaban J connectivity index is 2.93. The molecule has 0 saturated carbocycles. The van der Waals surface area contributed by atoms with Crippen molar-refractivity contribution < 1.29 is 14.6 Å². The topological polar surface area (TPSA) is 76.7 Å². The summed E-state index contributed by atoms with van der Waals surface area (Å²) in [6.45, 7) is 7.19. The molecule has 0 aliphatic rings. The van der Waals surface area contributed by atoms with Gasteiger partial charge in [-0.1, -0.05) is 13.8 Å². The van der Waals surface area contributed by atoms with Crippen LogP contribution < -0.4 is 10.2 Å². The summed E-state index contributed by atoms with van der Waals surface area (Å²) in [6.07, 6.45) is 0. The van der Waals surface area contributed by atoms with Crippen molar-refractivity contribution in [3.63, 3.8) is 0 Å². The number of Topliss-reactive ketones (excluding diaryl/α,β-unsaturated/α-hetero) is 1. The monoisotopic (exact) mass is 294 g/mol. The van der Waals surface area contributed by atoms with E-state index in [1.54, 1.807) is 12.1 Å². The summed E-state index contributed by atoms with van der Waals surface area (Å²) in [5.41, 5.74) is 0.748. The van der Waals surface area contributed by atoms with Gasteiger partial charge in [0, 0.05) is 23.6 Å². The first-order valence-electron chi connectivity index (χ1n) is 6.95. The summed E-state index contributed by atoms with van der Waals surface area (Å²) >= 11 is 0. The number of carbonyl (C=O) groups excluding carboxylic acids is 1. The van der Waals surface area contributed by atoms with Crippen LogP contribution in [0.3, 0.4) is 0 Å². The van der Waals surface area contributed by atoms with Crippen molar-refractivity contribution in [3.05, 3.63) is 33.9 Å². The van der Waals surface area contributed by atoms with Gasteiger partial charge < -0.3 is 10.2 Å². The fourth-order valence-electron chi connectivity index (χ4n) is 2.41. The maximum atomic E-state index is 11.3. The van der Waals surface area contributed by atoms with E-state index in [-0.39, 0.29) is 16.9 Å². The number of benzene rings is 1. The molecule has 1 aromatic rings. The summed E-state index contributed by atoms with van der Waals surface area (Å²) < 4.78 is 0. The van der Waals surface area contributed by atoms with Gasteiger partial charge in [-0.3, -0.25) is 14.9 Å². The Bertz CT molecular complexity index is 539. The average Bonchev–Trinajstić information content (AvgIpc) is 2.34. The van der Waals surface area contributed by atoms with E-state index in [2.05, 4.69) is 33.3 Å². The summed E-state index contributed by atoms with van der Waals surface area (Å²) in [5.74, 6) is -0.179. The van der Waals surface area contributed by atoms with E-state index in [9.17, 15) is 14.9 Å². The molecule has 1 rings (SSSR count). The van der Waals surface area contributed by atoms with Gasteiger partial charge in [0.15, 0.2) is 5.78 Å². The molecular weight excluding hydrogens is 270 g/mol. The lowest BCUT2D eigenvalue weighted by molar-refractivity contribution is -0.865. The molecule has 0 fully saturated rings.